The zero-order valence-electron chi connectivity index (χ0n) is 8.02. The van der Waals surface area contributed by atoms with Crippen molar-refractivity contribution in [1.82, 2.24) is 4.72 Å². The van der Waals surface area contributed by atoms with Crippen molar-refractivity contribution in [3.8, 4) is 0 Å². The molecule has 1 rings (SSSR count). The number of hydrogen-bond acceptors (Lipinski definition) is 2. The average molecular weight is 190 g/mol. The van der Waals surface area contributed by atoms with E-state index in [9.17, 15) is 4.21 Å². The third-order valence-corrected chi connectivity index (χ3v) is 4.69. The van der Waals surface area contributed by atoms with Gasteiger partial charge in [-0.1, -0.05) is 6.42 Å². The molecule has 0 radical (unpaired) electrons. The van der Waals surface area contributed by atoms with E-state index < -0.39 is 14.7 Å². The lowest BCUT2D eigenvalue weighted by atomic mass is 9.94. The van der Waals surface area contributed by atoms with Crippen LogP contribution in [-0.4, -0.2) is 15.0 Å². The molecule has 3 nitrogen and oxygen atoms in total. The van der Waals surface area contributed by atoms with Crippen LogP contribution in [0.5, 0.6) is 0 Å². The molecule has 1 fully saturated rings. The van der Waals surface area contributed by atoms with Crippen LogP contribution in [0, 0.1) is 4.78 Å². The molecule has 1 atom stereocenters. The van der Waals surface area contributed by atoms with Crippen LogP contribution in [0.3, 0.4) is 0 Å². The summed E-state index contributed by atoms with van der Waals surface area (Å²) in [7, 11) is -2.61. The van der Waals surface area contributed by atoms with Gasteiger partial charge >= 0.3 is 0 Å². The van der Waals surface area contributed by atoms with Crippen LogP contribution >= 0.6 is 0 Å². The summed E-state index contributed by atoms with van der Waals surface area (Å²) in [6, 6.07) is 0.328. The Morgan fingerprint density at radius 2 is 1.92 bits per heavy atom. The van der Waals surface area contributed by atoms with Crippen LogP contribution in [-0.2, 0) is 9.92 Å². The van der Waals surface area contributed by atoms with E-state index in [0.29, 0.717) is 6.04 Å². The maximum absolute atomic E-state index is 11.8. The Bertz CT molecular complexity index is 247. The lowest BCUT2D eigenvalue weighted by Gasteiger charge is -2.32. The van der Waals surface area contributed by atoms with E-state index in [-0.39, 0.29) is 0 Å². The summed E-state index contributed by atoms with van der Waals surface area (Å²) in [5.74, 6) is 0. The Hall–Kier alpha value is -0.0900. The highest BCUT2D eigenvalue weighted by molar-refractivity contribution is 7.91. The number of rotatable bonds is 2. The van der Waals surface area contributed by atoms with Crippen LogP contribution in [0.1, 0.15) is 40.0 Å². The number of hydrogen-bond donors (Lipinski definition) is 2. The molecule has 0 aromatic rings. The minimum Gasteiger partial charge on any atom is -0.240 e. The fourth-order valence-electron chi connectivity index (χ4n) is 0.938. The summed E-state index contributed by atoms with van der Waals surface area (Å²) in [5.41, 5.74) is 0. The predicted molar refractivity (Wildman–Crippen MR) is 51.4 cm³/mol. The Balaban J connectivity index is 2.60. The summed E-state index contributed by atoms with van der Waals surface area (Å²) in [6.07, 6.45) is 3.36. The summed E-state index contributed by atoms with van der Waals surface area (Å²) in [5, 5.41) is 0. The Kier molecular flexibility index (Phi) is 2.50. The van der Waals surface area contributed by atoms with Crippen molar-refractivity contribution >= 4 is 9.92 Å². The van der Waals surface area contributed by atoms with Crippen LogP contribution in [0.4, 0.5) is 0 Å². The molecule has 0 aliphatic heterocycles. The second-order valence-corrected chi connectivity index (χ2v) is 6.99. The molecule has 0 aromatic carbocycles. The Morgan fingerprint density at radius 3 is 2.17 bits per heavy atom. The molecule has 1 saturated carbocycles. The van der Waals surface area contributed by atoms with E-state index >= 15 is 0 Å². The van der Waals surface area contributed by atoms with Gasteiger partial charge in [0.25, 0.3) is 0 Å². The summed E-state index contributed by atoms with van der Waals surface area (Å²) in [6.45, 7) is 5.52. The fourth-order valence-corrected chi connectivity index (χ4v) is 2.00. The minimum atomic E-state index is -2.61. The second kappa shape index (κ2) is 3.00. The molecule has 1 aliphatic carbocycles. The van der Waals surface area contributed by atoms with Crippen LogP contribution < -0.4 is 4.72 Å². The van der Waals surface area contributed by atoms with E-state index in [1.807, 2.05) is 20.8 Å². The first-order chi connectivity index (χ1) is 5.33. The van der Waals surface area contributed by atoms with Crippen LogP contribution in [0.15, 0.2) is 0 Å². The lowest BCUT2D eigenvalue weighted by molar-refractivity contribution is 0.386. The topological polar surface area (TPSA) is 53.0 Å². The van der Waals surface area contributed by atoms with Crippen LogP contribution in [0.2, 0.25) is 0 Å². The Labute approximate surface area is 75.0 Å². The van der Waals surface area contributed by atoms with Gasteiger partial charge < -0.3 is 0 Å². The third kappa shape index (κ3) is 1.98. The molecule has 2 N–H and O–H groups in total. The molecule has 0 heterocycles. The van der Waals surface area contributed by atoms with Crippen LogP contribution in [0.25, 0.3) is 0 Å². The molecule has 0 aromatic heterocycles. The third-order valence-electron chi connectivity index (χ3n) is 2.30. The maximum atomic E-state index is 11.8. The fraction of sp³-hybridized carbons (Fsp3) is 1.00. The van der Waals surface area contributed by atoms with E-state index in [1.54, 1.807) is 0 Å². The highest BCUT2D eigenvalue weighted by Gasteiger charge is 2.29. The smallest absolute Gasteiger partial charge is 0.110 e. The van der Waals surface area contributed by atoms with Crippen molar-refractivity contribution in [2.45, 2.75) is 50.8 Å². The van der Waals surface area contributed by atoms with Crippen molar-refractivity contribution in [2.75, 3.05) is 0 Å². The van der Waals surface area contributed by atoms with Gasteiger partial charge in [-0.3, -0.25) is 0 Å². The van der Waals surface area contributed by atoms with Gasteiger partial charge in [-0.25, -0.2) is 13.7 Å². The van der Waals surface area contributed by atoms with Crippen molar-refractivity contribution in [2.24, 2.45) is 0 Å². The zero-order chi connectivity index (χ0) is 9.41. The molecular weight excluding hydrogens is 172 g/mol. The van der Waals surface area contributed by atoms with Crippen molar-refractivity contribution in [3.05, 3.63) is 0 Å². The van der Waals surface area contributed by atoms with E-state index in [0.717, 1.165) is 12.8 Å². The van der Waals surface area contributed by atoms with Crippen molar-refractivity contribution < 1.29 is 4.21 Å². The number of nitrogens with one attached hydrogen (secondary N) is 2. The molecule has 0 bridgehead atoms. The average Bonchev–Trinajstić information content (AvgIpc) is 1.76. The first-order valence-electron chi connectivity index (χ1n) is 4.38. The van der Waals surface area contributed by atoms with E-state index in [1.165, 1.54) is 6.42 Å². The SMILES string of the molecule is CC(C)(C)S(=N)(=O)NC1CCC1. The quantitative estimate of drug-likeness (QED) is 0.686. The monoisotopic (exact) mass is 190 g/mol. The summed E-state index contributed by atoms with van der Waals surface area (Å²) >= 11 is 0. The first-order valence-corrected chi connectivity index (χ1v) is 5.94. The Morgan fingerprint density at radius 1 is 1.42 bits per heavy atom. The second-order valence-electron chi connectivity index (χ2n) is 4.41. The van der Waals surface area contributed by atoms with Gasteiger partial charge in [0.05, 0.1) is 4.75 Å². The molecule has 0 spiro atoms. The van der Waals surface area contributed by atoms with Gasteiger partial charge in [-0.15, -0.1) is 0 Å². The van der Waals surface area contributed by atoms with Crippen molar-refractivity contribution in [1.29, 1.82) is 4.78 Å². The normalized spacial score (nSPS) is 24.6. The standard InChI is InChI=1S/C8H18N2OS/c1-8(2,3)12(9,11)10-7-5-4-6-7/h7H,4-6H2,1-3H3,(H2,9,10,11). The van der Waals surface area contributed by atoms with E-state index in [4.69, 9.17) is 4.78 Å². The molecule has 0 amide bonds. The van der Waals surface area contributed by atoms with Crippen molar-refractivity contribution in [3.63, 3.8) is 0 Å². The zero-order valence-corrected chi connectivity index (χ0v) is 8.83. The maximum Gasteiger partial charge on any atom is 0.110 e. The lowest BCUT2D eigenvalue weighted by Crippen LogP contribution is -2.46. The molecule has 0 saturated heterocycles. The van der Waals surface area contributed by atoms with Gasteiger partial charge in [-0.05, 0) is 33.6 Å². The van der Waals surface area contributed by atoms with Gasteiger partial charge in [0.15, 0.2) is 0 Å². The first kappa shape index (κ1) is 9.99. The molecule has 4 heteroatoms. The summed E-state index contributed by atoms with van der Waals surface area (Å²) in [4.78, 5) is 0. The van der Waals surface area contributed by atoms with Gasteiger partial charge in [0.1, 0.15) is 9.92 Å². The molecule has 12 heavy (non-hydrogen) atoms. The van der Waals surface area contributed by atoms with E-state index in [2.05, 4.69) is 4.72 Å². The minimum absolute atomic E-state index is 0.328. The highest BCUT2D eigenvalue weighted by atomic mass is 32.2. The molecule has 1 aliphatic rings. The molecule has 1 unspecified atom stereocenters. The summed E-state index contributed by atoms with van der Waals surface area (Å²) < 4.78 is 21.9. The molecular formula is C8H18N2OS. The molecule has 72 valence electrons. The van der Waals surface area contributed by atoms with Gasteiger partial charge in [0, 0.05) is 6.04 Å². The van der Waals surface area contributed by atoms with Gasteiger partial charge in [0.2, 0.25) is 0 Å². The predicted octanol–water partition coefficient (Wildman–Crippen LogP) is 1.89. The largest absolute Gasteiger partial charge is 0.240 e. The van der Waals surface area contributed by atoms with Gasteiger partial charge in [-0.2, -0.15) is 0 Å². The highest BCUT2D eigenvalue weighted by Crippen LogP contribution is 2.22.